The molecule has 0 unspecified atom stereocenters. The number of nitrogens with zero attached hydrogens (tertiary/aromatic N) is 1. The van der Waals surface area contributed by atoms with Gasteiger partial charge in [-0.1, -0.05) is 6.07 Å². The van der Waals surface area contributed by atoms with Crippen molar-refractivity contribution in [3.63, 3.8) is 0 Å². The second kappa shape index (κ2) is 11.2. The van der Waals surface area contributed by atoms with Gasteiger partial charge in [0.05, 0.1) is 34.0 Å². The van der Waals surface area contributed by atoms with E-state index < -0.39 is 16.0 Å². The predicted molar refractivity (Wildman–Crippen MR) is 152 cm³/mol. The van der Waals surface area contributed by atoms with Crippen LogP contribution >= 0.6 is 0 Å². The number of phenolic OH excluding ortho intramolecular Hbond substituents is 1. The number of aromatic nitrogens is 1. The number of phenols is 1. The van der Waals surface area contributed by atoms with Gasteiger partial charge in [0.2, 0.25) is 0 Å². The van der Waals surface area contributed by atoms with E-state index in [4.69, 9.17) is 27.5 Å². The molecular weight excluding hydrogens is 593 g/mol. The summed E-state index contributed by atoms with van der Waals surface area (Å²) in [4.78, 5) is 13.5. The summed E-state index contributed by atoms with van der Waals surface area (Å²) in [5.41, 5.74) is 0.907. The van der Waals surface area contributed by atoms with Crippen molar-refractivity contribution in [3.8, 4) is 45.6 Å². The maximum Gasteiger partial charge on any atom is 1.00 e. The third-order valence-electron chi connectivity index (χ3n) is 7.01. The number of rotatable bonds is 7. The molecule has 0 saturated heterocycles. The van der Waals surface area contributed by atoms with Crippen LogP contribution in [0.3, 0.4) is 0 Å². The molecule has 0 atom stereocenters. The molecule has 0 radical (unpaired) electrons. The molecule has 12 nitrogen and oxygen atoms in total. The van der Waals surface area contributed by atoms with Crippen LogP contribution in [0.4, 0.5) is 0 Å². The van der Waals surface area contributed by atoms with Crippen LogP contribution in [0.25, 0.3) is 49.3 Å². The number of pyridine rings is 1. The van der Waals surface area contributed by atoms with E-state index in [0.29, 0.717) is 44.3 Å². The smallest absolute Gasteiger partial charge is 0.716 e. The molecule has 0 aliphatic heterocycles. The minimum absolute atomic E-state index is 0. The first-order chi connectivity index (χ1) is 20.1. The van der Waals surface area contributed by atoms with Gasteiger partial charge in [0.15, 0.2) is 34.5 Å². The summed E-state index contributed by atoms with van der Waals surface area (Å²) < 4.78 is 68.3. The van der Waals surface area contributed by atoms with E-state index in [9.17, 15) is 22.9 Å². The van der Waals surface area contributed by atoms with Crippen LogP contribution in [0.15, 0.2) is 63.9 Å². The fourth-order valence-electron chi connectivity index (χ4n) is 5.29. The number of hydrogen-bond donors (Lipinski definition) is 1. The Bertz CT molecular complexity index is 2240. The van der Waals surface area contributed by atoms with Crippen LogP contribution in [0, 0.1) is 0 Å². The van der Waals surface area contributed by atoms with Crippen LogP contribution in [-0.4, -0.2) is 50.9 Å². The van der Waals surface area contributed by atoms with Crippen LogP contribution in [-0.2, 0) is 10.4 Å². The van der Waals surface area contributed by atoms with Crippen molar-refractivity contribution in [1.29, 1.82) is 0 Å². The molecule has 1 N–H and O–H groups in total. The monoisotopic (exact) mass is 615 g/mol. The Morgan fingerprint density at radius 3 is 2.09 bits per heavy atom. The zero-order chi connectivity index (χ0) is 29.9. The quantitative estimate of drug-likeness (QED) is 0.120. The summed E-state index contributed by atoms with van der Waals surface area (Å²) >= 11 is 0. The second-order valence-electron chi connectivity index (χ2n) is 9.19. The van der Waals surface area contributed by atoms with E-state index in [1.54, 1.807) is 34.9 Å². The van der Waals surface area contributed by atoms with E-state index >= 15 is 0 Å². The van der Waals surface area contributed by atoms with E-state index in [0.717, 1.165) is 5.39 Å². The molecule has 0 fully saturated rings. The third kappa shape index (κ3) is 4.98. The van der Waals surface area contributed by atoms with Gasteiger partial charge in [-0.15, -0.1) is 0 Å². The summed E-state index contributed by atoms with van der Waals surface area (Å²) in [5, 5.41) is 12.6. The van der Waals surface area contributed by atoms with Gasteiger partial charge in [0.25, 0.3) is 10.4 Å². The number of fused-ring (bicyclic) bond motifs is 7. The number of benzene rings is 3. The van der Waals surface area contributed by atoms with Crippen LogP contribution in [0.1, 0.15) is 0 Å². The Kier molecular flexibility index (Phi) is 7.88. The molecule has 6 rings (SSSR count). The Balaban J connectivity index is 0.00000368. The topological polar surface area (TPSA) is 158 Å². The van der Waals surface area contributed by atoms with Crippen LogP contribution < -0.4 is 58.3 Å². The van der Waals surface area contributed by atoms with Crippen molar-refractivity contribution in [2.75, 3.05) is 28.4 Å². The van der Waals surface area contributed by atoms with Gasteiger partial charge < -0.3 is 41.6 Å². The molecule has 3 heterocycles. The molecule has 14 heteroatoms. The number of hydrogen-bond acceptors (Lipinski definition) is 11. The molecule has 3 aromatic carbocycles. The van der Waals surface area contributed by atoms with Gasteiger partial charge >= 0.3 is 35.2 Å². The maximum absolute atomic E-state index is 13.5. The van der Waals surface area contributed by atoms with E-state index in [-0.39, 0.29) is 63.7 Å². The van der Waals surface area contributed by atoms with Gasteiger partial charge in [-0.2, -0.15) is 0 Å². The van der Waals surface area contributed by atoms with E-state index in [2.05, 4.69) is 0 Å². The first kappa shape index (κ1) is 30.3. The minimum Gasteiger partial charge on any atom is -0.716 e. The maximum atomic E-state index is 13.5. The standard InChI is InChI=1S/C29H23NO11S.Na/c1-36-19-6-5-15(10-24(19)41-42(33,34)35)25-26-17-12-21(37-2)18(31)13-20(17)40-29(32)28(26)30-8-7-14-9-22(38-3)23(39-4)11-16(14)27(25)30;/h5-13,31H,1-4H3,(H,33,34,35);/q;+1/p-1. The first-order valence-electron chi connectivity index (χ1n) is 12.3. The van der Waals surface area contributed by atoms with Crippen molar-refractivity contribution in [2.24, 2.45) is 0 Å². The number of methoxy groups -OCH3 is 4. The van der Waals surface area contributed by atoms with Gasteiger partial charge in [-0.05, 0) is 47.3 Å². The largest absolute Gasteiger partial charge is 1.00 e. The Morgan fingerprint density at radius 2 is 1.44 bits per heavy atom. The van der Waals surface area contributed by atoms with E-state index in [1.807, 2.05) is 0 Å². The van der Waals surface area contributed by atoms with E-state index in [1.165, 1.54) is 52.7 Å². The molecule has 3 aromatic heterocycles. The molecule has 6 aromatic rings. The number of ether oxygens (including phenoxy) is 4. The van der Waals surface area contributed by atoms with Crippen molar-refractivity contribution in [3.05, 3.63) is 65.1 Å². The van der Waals surface area contributed by atoms with Crippen LogP contribution in [0.5, 0.6) is 34.5 Å². The fourth-order valence-corrected chi connectivity index (χ4v) is 5.64. The molecule has 0 amide bonds. The molecule has 43 heavy (non-hydrogen) atoms. The average molecular weight is 616 g/mol. The third-order valence-corrected chi connectivity index (χ3v) is 7.39. The predicted octanol–water partition coefficient (Wildman–Crippen LogP) is 1.60. The summed E-state index contributed by atoms with van der Waals surface area (Å²) in [6.07, 6.45) is 1.69. The normalized spacial score (nSPS) is 11.6. The van der Waals surface area contributed by atoms with Gasteiger partial charge in [0.1, 0.15) is 11.1 Å². The molecule has 216 valence electrons. The van der Waals surface area contributed by atoms with Crippen molar-refractivity contribution in [1.82, 2.24) is 4.40 Å². The van der Waals surface area contributed by atoms with Crippen molar-refractivity contribution in [2.45, 2.75) is 0 Å². The molecule has 0 bridgehead atoms. The van der Waals surface area contributed by atoms with Crippen molar-refractivity contribution >= 4 is 48.6 Å². The summed E-state index contributed by atoms with van der Waals surface area (Å²) in [5.74, 6) is 0.455. The fraction of sp³-hybridized carbons (Fsp3) is 0.138. The molecule has 0 aliphatic carbocycles. The Morgan fingerprint density at radius 1 is 0.791 bits per heavy atom. The summed E-state index contributed by atoms with van der Waals surface area (Å²) in [7, 11) is 0.537. The second-order valence-corrected chi connectivity index (χ2v) is 10.2. The van der Waals surface area contributed by atoms with Gasteiger partial charge in [0, 0.05) is 34.0 Å². The molecule has 0 aliphatic rings. The van der Waals surface area contributed by atoms with Gasteiger partial charge in [-0.3, -0.25) is 0 Å². The minimum atomic E-state index is -5.16. The van der Waals surface area contributed by atoms with Crippen molar-refractivity contribution < 1.29 is 75.2 Å². The summed E-state index contributed by atoms with van der Waals surface area (Å²) in [6, 6.07) is 12.6. The van der Waals surface area contributed by atoms with Gasteiger partial charge in [-0.25, -0.2) is 13.2 Å². The molecular formula is C29H22NNaO11S. The molecule has 0 spiro atoms. The zero-order valence-electron chi connectivity index (χ0n) is 23.6. The van der Waals surface area contributed by atoms with Crippen LogP contribution in [0.2, 0.25) is 0 Å². The Labute approximate surface area is 266 Å². The zero-order valence-corrected chi connectivity index (χ0v) is 26.4. The summed E-state index contributed by atoms with van der Waals surface area (Å²) in [6.45, 7) is 0. The Hall–Kier alpha value is -4.14. The number of aromatic hydroxyl groups is 1. The SMILES string of the molecule is COc1cc2c(cc1O)oc(=O)c1c2c(-c2ccc(OC)c(OS(=O)(=O)[O-])c2)c2c3cc(OC)c(OC)cc3ccn21.[Na+]. The molecule has 0 saturated carbocycles. The average Bonchev–Trinajstić information content (AvgIpc) is 3.31. The first-order valence-corrected chi connectivity index (χ1v) is 13.6.